The van der Waals surface area contributed by atoms with E-state index in [9.17, 15) is 14.0 Å². The van der Waals surface area contributed by atoms with Gasteiger partial charge in [-0.2, -0.15) is 0 Å². The third-order valence-electron chi connectivity index (χ3n) is 6.51. The summed E-state index contributed by atoms with van der Waals surface area (Å²) in [7, 11) is 1.94. The molecule has 2 aliphatic rings. The van der Waals surface area contributed by atoms with Crippen LogP contribution in [0.25, 0.3) is 0 Å². The molecule has 1 fully saturated rings. The quantitative estimate of drug-likeness (QED) is 0.682. The van der Waals surface area contributed by atoms with Gasteiger partial charge in [-0.1, -0.05) is 0 Å². The van der Waals surface area contributed by atoms with Gasteiger partial charge >= 0.3 is 0 Å². The van der Waals surface area contributed by atoms with E-state index in [-0.39, 0.29) is 23.3 Å². The molecule has 3 heterocycles. The summed E-state index contributed by atoms with van der Waals surface area (Å²) in [4.78, 5) is 29.8. The van der Waals surface area contributed by atoms with Gasteiger partial charge in [0.25, 0.3) is 0 Å². The Labute approximate surface area is 177 Å². The van der Waals surface area contributed by atoms with E-state index in [4.69, 9.17) is 0 Å². The number of fused-ring (bicyclic) bond motifs is 1. The monoisotopic (exact) mass is 411 g/mol. The van der Waals surface area contributed by atoms with Crippen LogP contribution in [0.5, 0.6) is 0 Å². The van der Waals surface area contributed by atoms with Crippen LogP contribution in [0.15, 0.2) is 36.5 Å². The number of benzene rings is 1. The van der Waals surface area contributed by atoms with Crippen molar-refractivity contribution in [2.75, 3.05) is 32.7 Å². The predicted molar refractivity (Wildman–Crippen MR) is 114 cm³/mol. The molecule has 2 aromatic rings. The molecule has 0 N–H and O–H groups in total. The first-order valence-corrected chi connectivity index (χ1v) is 10.9. The SMILES string of the molecule is Cn1ccc2c1C(=O)CCN(CCCN1CCC(C(=O)c3ccc(F)cc3)CC1)C2. The van der Waals surface area contributed by atoms with Crippen molar-refractivity contribution in [2.45, 2.75) is 32.2 Å². The normalized spacial score (nSPS) is 18.9. The maximum Gasteiger partial charge on any atom is 0.180 e. The zero-order valence-corrected chi connectivity index (χ0v) is 17.6. The first-order valence-electron chi connectivity index (χ1n) is 10.9. The molecule has 0 bridgehead atoms. The highest BCUT2D eigenvalue weighted by molar-refractivity contribution is 5.98. The summed E-state index contributed by atoms with van der Waals surface area (Å²) in [5, 5.41) is 0. The van der Waals surface area contributed by atoms with Crippen LogP contribution in [0.4, 0.5) is 4.39 Å². The summed E-state index contributed by atoms with van der Waals surface area (Å²) in [5.41, 5.74) is 2.62. The second-order valence-electron chi connectivity index (χ2n) is 8.59. The Morgan fingerprint density at radius 3 is 2.47 bits per heavy atom. The molecule has 0 unspecified atom stereocenters. The van der Waals surface area contributed by atoms with Crippen molar-refractivity contribution >= 4 is 11.6 Å². The number of piperidine rings is 1. The molecule has 0 radical (unpaired) electrons. The smallest absolute Gasteiger partial charge is 0.180 e. The van der Waals surface area contributed by atoms with Gasteiger partial charge in [0, 0.05) is 44.2 Å². The van der Waals surface area contributed by atoms with Gasteiger partial charge in [-0.15, -0.1) is 0 Å². The van der Waals surface area contributed by atoms with Crippen molar-refractivity contribution in [3.63, 3.8) is 0 Å². The van der Waals surface area contributed by atoms with Crippen molar-refractivity contribution in [1.82, 2.24) is 14.4 Å². The van der Waals surface area contributed by atoms with Crippen molar-refractivity contribution in [2.24, 2.45) is 13.0 Å². The minimum absolute atomic E-state index is 0.0415. The van der Waals surface area contributed by atoms with E-state index in [2.05, 4.69) is 15.9 Å². The first kappa shape index (κ1) is 20.9. The Morgan fingerprint density at radius 2 is 1.73 bits per heavy atom. The maximum absolute atomic E-state index is 13.1. The molecule has 0 amide bonds. The minimum atomic E-state index is -0.307. The second kappa shape index (κ2) is 9.23. The number of aromatic nitrogens is 1. The number of aryl methyl sites for hydroxylation is 1. The van der Waals surface area contributed by atoms with E-state index >= 15 is 0 Å². The highest BCUT2D eigenvalue weighted by Gasteiger charge is 2.26. The van der Waals surface area contributed by atoms with Gasteiger partial charge in [-0.3, -0.25) is 14.5 Å². The number of hydrogen-bond donors (Lipinski definition) is 0. The van der Waals surface area contributed by atoms with Crippen LogP contribution in [0.2, 0.25) is 0 Å². The largest absolute Gasteiger partial charge is 0.348 e. The van der Waals surface area contributed by atoms with Crippen LogP contribution in [-0.4, -0.2) is 58.7 Å². The topological polar surface area (TPSA) is 45.6 Å². The zero-order valence-electron chi connectivity index (χ0n) is 17.6. The van der Waals surface area contributed by atoms with E-state index in [1.807, 2.05) is 17.8 Å². The number of likely N-dealkylation sites (tertiary alicyclic amines) is 1. The molecule has 0 atom stereocenters. The van der Waals surface area contributed by atoms with Crippen molar-refractivity contribution < 1.29 is 14.0 Å². The Kier molecular flexibility index (Phi) is 6.44. The third kappa shape index (κ3) is 4.71. The van der Waals surface area contributed by atoms with Crippen molar-refractivity contribution in [3.05, 3.63) is 59.2 Å². The molecule has 4 rings (SSSR count). The maximum atomic E-state index is 13.1. The highest BCUT2D eigenvalue weighted by atomic mass is 19.1. The molecule has 6 heteroatoms. The summed E-state index contributed by atoms with van der Waals surface area (Å²) >= 11 is 0. The van der Waals surface area contributed by atoms with Crippen LogP contribution in [0.1, 0.15) is 52.1 Å². The van der Waals surface area contributed by atoms with Crippen LogP contribution in [0.3, 0.4) is 0 Å². The van der Waals surface area contributed by atoms with Gasteiger partial charge in [-0.25, -0.2) is 4.39 Å². The molecule has 0 saturated carbocycles. The fraction of sp³-hybridized carbons (Fsp3) is 0.500. The number of carbonyl (C=O) groups is 2. The van der Waals surface area contributed by atoms with Gasteiger partial charge in [0.1, 0.15) is 5.82 Å². The van der Waals surface area contributed by atoms with Gasteiger partial charge in [0.15, 0.2) is 11.6 Å². The fourth-order valence-corrected chi connectivity index (χ4v) is 4.76. The van der Waals surface area contributed by atoms with Gasteiger partial charge in [-0.05, 0) is 81.3 Å². The molecule has 5 nitrogen and oxygen atoms in total. The number of rotatable bonds is 6. The molecule has 1 aromatic carbocycles. The molecular formula is C24H30FN3O2. The summed E-state index contributed by atoms with van der Waals surface area (Å²) in [6.07, 6.45) is 5.35. The number of nitrogens with zero attached hydrogens (tertiary/aromatic N) is 3. The Bertz CT molecular complexity index is 898. The van der Waals surface area contributed by atoms with Crippen LogP contribution in [0, 0.1) is 11.7 Å². The number of halogens is 1. The average Bonchev–Trinajstić information content (AvgIpc) is 3.03. The predicted octanol–water partition coefficient (Wildman–Crippen LogP) is 3.54. The van der Waals surface area contributed by atoms with Crippen molar-refractivity contribution in [1.29, 1.82) is 0 Å². The summed E-state index contributed by atoms with van der Waals surface area (Å²) in [5.74, 6) is 0.119. The Hall–Kier alpha value is -2.31. The third-order valence-corrected chi connectivity index (χ3v) is 6.51. The van der Waals surface area contributed by atoms with Gasteiger partial charge in [0.2, 0.25) is 0 Å². The number of ketones is 2. The van der Waals surface area contributed by atoms with E-state index in [0.29, 0.717) is 12.0 Å². The van der Waals surface area contributed by atoms with Crippen LogP contribution >= 0.6 is 0 Å². The van der Waals surface area contributed by atoms with E-state index in [1.165, 1.54) is 12.1 Å². The van der Waals surface area contributed by atoms with E-state index < -0.39 is 0 Å². The first-order chi connectivity index (χ1) is 14.5. The average molecular weight is 412 g/mol. The second-order valence-corrected chi connectivity index (χ2v) is 8.59. The lowest BCUT2D eigenvalue weighted by Gasteiger charge is -2.32. The van der Waals surface area contributed by atoms with Crippen molar-refractivity contribution in [3.8, 4) is 0 Å². The Balaban J connectivity index is 1.21. The summed E-state index contributed by atoms with van der Waals surface area (Å²) in [6.45, 7) is 5.52. The van der Waals surface area contributed by atoms with Gasteiger partial charge < -0.3 is 9.47 Å². The fourth-order valence-electron chi connectivity index (χ4n) is 4.76. The molecule has 1 aromatic heterocycles. The van der Waals surface area contributed by atoms with Crippen LogP contribution < -0.4 is 0 Å². The van der Waals surface area contributed by atoms with E-state index in [0.717, 1.165) is 69.8 Å². The Morgan fingerprint density at radius 1 is 1.03 bits per heavy atom. The summed E-state index contributed by atoms with van der Waals surface area (Å²) < 4.78 is 15.0. The number of carbonyl (C=O) groups excluding carboxylic acids is 2. The minimum Gasteiger partial charge on any atom is -0.348 e. The standard InChI is InChI=1S/C24H30FN3O2/c1-26-13-7-20-17-28(16-10-22(29)23(20)26)12-2-11-27-14-8-19(9-15-27)24(30)18-3-5-21(25)6-4-18/h3-7,13,19H,2,8-12,14-17H2,1H3. The molecule has 0 spiro atoms. The molecule has 30 heavy (non-hydrogen) atoms. The lowest BCUT2D eigenvalue weighted by atomic mass is 9.89. The number of hydrogen-bond acceptors (Lipinski definition) is 4. The highest BCUT2D eigenvalue weighted by Crippen LogP contribution is 2.23. The molecule has 2 aliphatic heterocycles. The molecular weight excluding hydrogens is 381 g/mol. The molecule has 160 valence electrons. The van der Waals surface area contributed by atoms with Gasteiger partial charge in [0.05, 0.1) is 5.69 Å². The lowest BCUT2D eigenvalue weighted by Crippen LogP contribution is -2.38. The van der Waals surface area contributed by atoms with Crippen LogP contribution in [-0.2, 0) is 13.6 Å². The summed E-state index contributed by atoms with van der Waals surface area (Å²) in [6, 6.07) is 7.96. The zero-order chi connectivity index (χ0) is 21.1. The molecule has 0 aliphatic carbocycles. The van der Waals surface area contributed by atoms with E-state index in [1.54, 1.807) is 12.1 Å². The molecule has 1 saturated heterocycles. The lowest BCUT2D eigenvalue weighted by molar-refractivity contribution is 0.0834. The number of Topliss-reactive ketones (excluding diaryl/α,β-unsaturated/α-hetero) is 2.